The van der Waals surface area contributed by atoms with Crippen LogP contribution in [0.3, 0.4) is 0 Å². The molecule has 4 aromatic rings. The summed E-state index contributed by atoms with van der Waals surface area (Å²) < 4.78 is 0. The molecular formula is C16HCl9. The van der Waals surface area contributed by atoms with E-state index in [0.29, 0.717) is 37.3 Å². The van der Waals surface area contributed by atoms with Crippen LogP contribution in [0.5, 0.6) is 0 Å². The van der Waals surface area contributed by atoms with Gasteiger partial charge < -0.3 is 0 Å². The van der Waals surface area contributed by atoms with Gasteiger partial charge in [-0.1, -0.05) is 104 Å². The Bertz CT molecular complexity index is 1230. The van der Waals surface area contributed by atoms with Crippen LogP contribution in [-0.2, 0) is 0 Å². The molecule has 0 fully saturated rings. The monoisotopic (exact) mass is 508 g/mol. The number of rotatable bonds is 0. The fourth-order valence-corrected chi connectivity index (χ4v) is 5.63. The van der Waals surface area contributed by atoms with E-state index in [2.05, 4.69) is 0 Å². The zero-order valence-corrected chi connectivity index (χ0v) is 18.3. The second-order valence-corrected chi connectivity index (χ2v) is 8.72. The SMILES string of the molecule is Clc1c(Cl)c2cc(Cl)c3c(Cl)c(Cl)c(Cl)c4c(Cl)c(Cl)c(c1Cl)c2c34. The third-order valence-electron chi connectivity index (χ3n) is 4.08. The minimum absolute atomic E-state index is 0.129. The lowest BCUT2D eigenvalue weighted by atomic mass is 9.93. The van der Waals surface area contributed by atoms with Crippen molar-refractivity contribution in [2.24, 2.45) is 0 Å². The van der Waals surface area contributed by atoms with E-state index < -0.39 is 0 Å². The molecule has 0 saturated heterocycles. The summed E-state index contributed by atoms with van der Waals surface area (Å²) in [5.74, 6) is 0. The first kappa shape index (κ1) is 18.9. The van der Waals surface area contributed by atoms with Gasteiger partial charge in [-0.15, -0.1) is 0 Å². The minimum Gasteiger partial charge on any atom is -0.0836 e. The van der Waals surface area contributed by atoms with Crippen LogP contribution < -0.4 is 0 Å². The maximum absolute atomic E-state index is 6.48. The topological polar surface area (TPSA) is 0 Å². The van der Waals surface area contributed by atoms with Gasteiger partial charge in [0.15, 0.2) is 0 Å². The smallest absolute Gasteiger partial charge is 0.0792 e. The zero-order valence-electron chi connectivity index (χ0n) is 11.5. The van der Waals surface area contributed by atoms with Gasteiger partial charge in [0.2, 0.25) is 0 Å². The molecule has 0 N–H and O–H groups in total. The summed E-state index contributed by atoms with van der Waals surface area (Å²) >= 11 is 57.5. The predicted octanol–water partition coefficient (Wildman–Crippen LogP) is 10.5. The molecule has 0 nitrogen and oxygen atoms in total. The summed E-state index contributed by atoms with van der Waals surface area (Å²) in [6.45, 7) is 0. The van der Waals surface area contributed by atoms with Gasteiger partial charge in [-0.25, -0.2) is 0 Å². The molecule has 0 spiro atoms. The van der Waals surface area contributed by atoms with E-state index >= 15 is 0 Å². The Kier molecular flexibility index (Phi) is 4.74. The third kappa shape index (κ3) is 2.37. The van der Waals surface area contributed by atoms with Gasteiger partial charge in [-0.2, -0.15) is 0 Å². The van der Waals surface area contributed by atoms with Crippen LogP contribution in [0.25, 0.3) is 32.3 Å². The summed E-state index contributed by atoms with van der Waals surface area (Å²) in [7, 11) is 0. The molecule has 4 rings (SSSR count). The molecule has 0 radical (unpaired) electrons. The van der Waals surface area contributed by atoms with E-state index in [1.54, 1.807) is 6.07 Å². The van der Waals surface area contributed by atoms with Crippen LogP contribution >= 0.6 is 104 Å². The van der Waals surface area contributed by atoms with Gasteiger partial charge in [-0.3, -0.25) is 0 Å². The number of hydrogen-bond donors (Lipinski definition) is 0. The van der Waals surface area contributed by atoms with Gasteiger partial charge in [0.25, 0.3) is 0 Å². The lowest BCUT2D eigenvalue weighted by Gasteiger charge is -2.20. The molecular weight excluding hydrogens is 511 g/mol. The molecule has 0 aliphatic heterocycles. The highest BCUT2D eigenvalue weighted by molar-refractivity contribution is 6.63. The van der Waals surface area contributed by atoms with Gasteiger partial charge >= 0.3 is 0 Å². The highest BCUT2D eigenvalue weighted by atomic mass is 35.5. The normalized spacial score (nSPS) is 12.2. The van der Waals surface area contributed by atoms with E-state index in [4.69, 9.17) is 104 Å². The van der Waals surface area contributed by atoms with Gasteiger partial charge in [0.05, 0.1) is 45.2 Å². The Balaban J connectivity index is 2.58. The Labute approximate surface area is 186 Å². The van der Waals surface area contributed by atoms with Crippen molar-refractivity contribution in [3.8, 4) is 0 Å². The van der Waals surface area contributed by atoms with Crippen molar-refractivity contribution in [1.29, 1.82) is 0 Å². The fraction of sp³-hybridized carbons (Fsp3) is 0. The van der Waals surface area contributed by atoms with Crippen molar-refractivity contribution in [3.05, 3.63) is 51.3 Å². The van der Waals surface area contributed by atoms with Crippen LogP contribution in [0.2, 0.25) is 45.2 Å². The van der Waals surface area contributed by atoms with Gasteiger partial charge in [0, 0.05) is 32.3 Å². The maximum Gasteiger partial charge on any atom is 0.0792 e. The first-order valence-corrected chi connectivity index (χ1v) is 9.93. The van der Waals surface area contributed by atoms with E-state index in [9.17, 15) is 0 Å². The van der Waals surface area contributed by atoms with Gasteiger partial charge in [-0.05, 0) is 6.07 Å². The Morgan fingerprint density at radius 2 is 0.760 bits per heavy atom. The summed E-state index contributed by atoms with van der Waals surface area (Å²) in [5, 5.41) is 4.85. The summed E-state index contributed by atoms with van der Waals surface area (Å²) in [6.07, 6.45) is 0. The minimum atomic E-state index is 0.129. The molecule has 25 heavy (non-hydrogen) atoms. The van der Waals surface area contributed by atoms with Crippen molar-refractivity contribution < 1.29 is 0 Å². The van der Waals surface area contributed by atoms with Crippen LogP contribution in [-0.4, -0.2) is 0 Å². The summed E-state index contributed by atoms with van der Waals surface area (Å²) in [5.41, 5.74) is 0. The van der Waals surface area contributed by atoms with Crippen LogP contribution in [0, 0.1) is 0 Å². The van der Waals surface area contributed by atoms with Crippen molar-refractivity contribution in [2.75, 3.05) is 0 Å². The average Bonchev–Trinajstić information content (AvgIpc) is 2.57. The Morgan fingerprint density at radius 3 is 1.32 bits per heavy atom. The standard InChI is InChI=1S/C16HCl9/c17-3-1-2-4-6-5(3)10(19)16(25)14(23)8(6)12(21)11(20)7(4)13(22)15(24)9(2)18/h1H. The summed E-state index contributed by atoms with van der Waals surface area (Å²) in [6, 6.07) is 1.64. The molecule has 0 bridgehead atoms. The average molecular weight is 512 g/mol. The Hall–Kier alpha value is 0.530. The van der Waals surface area contributed by atoms with Crippen molar-refractivity contribution in [3.63, 3.8) is 0 Å². The molecule has 0 heterocycles. The number of halogens is 9. The van der Waals surface area contributed by atoms with E-state index in [1.165, 1.54) is 0 Å². The molecule has 0 unspecified atom stereocenters. The molecule has 4 aromatic carbocycles. The maximum atomic E-state index is 6.48. The van der Waals surface area contributed by atoms with Crippen LogP contribution in [0.15, 0.2) is 6.07 Å². The molecule has 0 aromatic heterocycles. The third-order valence-corrected chi connectivity index (χ3v) is 7.90. The molecule has 0 amide bonds. The quantitative estimate of drug-likeness (QED) is 0.162. The molecule has 0 atom stereocenters. The largest absolute Gasteiger partial charge is 0.0836 e. The van der Waals surface area contributed by atoms with Crippen LogP contribution in [0.4, 0.5) is 0 Å². The molecule has 128 valence electrons. The van der Waals surface area contributed by atoms with Crippen molar-refractivity contribution in [1.82, 2.24) is 0 Å². The van der Waals surface area contributed by atoms with Crippen LogP contribution in [0.1, 0.15) is 0 Å². The number of benzene rings is 4. The number of hydrogen-bond acceptors (Lipinski definition) is 0. The second kappa shape index (κ2) is 6.27. The lowest BCUT2D eigenvalue weighted by Crippen LogP contribution is -1.93. The highest BCUT2D eigenvalue weighted by Gasteiger charge is 2.27. The molecule has 0 saturated carbocycles. The van der Waals surface area contributed by atoms with E-state index in [0.717, 1.165) is 0 Å². The van der Waals surface area contributed by atoms with E-state index in [1.807, 2.05) is 0 Å². The van der Waals surface area contributed by atoms with Crippen molar-refractivity contribution >= 4 is 137 Å². The lowest BCUT2D eigenvalue weighted by molar-refractivity contribution is 1.76. The molecule has 0 aliphatic carbocycles. The van der Waals surface area contributed by atoms with Gasteiger partial charge in [0.1, 0.15) is 0 Å². The zero-order chi connectivity index (χ0) is 18.4. The first-order valence-electron chi connectivity index (χ1n) is 6.53. The first-order chi connectivity index (χ1) is 11.7. The Morgan fingerprint density at radius 1 is 0.360 bits per heavy atom. The summed E-state index contributed by atoms with van der Waals surface area (Å²) in [4.78, 5) is 0. The second-order valence-electron chi connectivity index (χ2n) is 5.29. The van der Waals surface area contributed by atoms with Crippen molar-refractivity contribution in [2.45, 2.75) is 0 Å². The fourth-order valence-electron chi connectivity index (χ4n) is 3.04. The highest BCUT2D eigenvalue weighted by Crippen LogP contribution is 2.56. The molecule has 9 heteroatoms. The predicted molar refractivity (Wildman–Crippen MR) is 115 cm³/mol. The van der Waals surface area contributed by atoms with E-state index in [-0.39, 0.29) is 40.2 Å². The molecule has 0 aliphatic rings.